The Labute approximate surface area is 127 Å². The molecule has 0 bridgehead atoms. The monoisotopic (exact) mass is 320 g/mol. The largest absolute Gasteiger partial charge is 0.451 e. The predicted molar refractivity (Wildman–Crippen MR) is 75.1 cm³/mol. The van der Waals surface area contributed by atoms with Crippen molar-refractivity contribution < 1.29 is 13.2 Å². The third-order valence-electron chi connectivity index (χ3n) is 4.64. The maximum atomic E-state index is 12.8. The highest BCUT2D eigenvalue weighted by Crippen LogP contribution is 2.40. The van der Waals surface area contributed by atoms with E-state index in [4.69, 9.17) is 0 Å². The van der Waals surface area contributed by atoms with E-state index in [0.717, 1.165) is 25.1 Å². The molecular weight excluding hydrogens is 301 g/mol. The maximum Gasteiger partial charge on any atom is 0.451 e. The molecule has 1 saturated carbocycles. The second-order valence-electron chi connectivity index (χ2n) is 6.17. The van der Waals surface area contributed by atoms with Gasteiger partial charge in [0.15, 0.2) is 0 Å². The number of nitrogens with zero attached hydrogens (tertiary/aromatic N) is 4. The van der Waals surface area contributed by atoms with Gasteiger partial charge in [0, 0.05) is 19.6 Å². The van der Waals surface area contributed by atoms with E-state index in [1.807, 2.05) is 0 Å². The lowest BCUT2D eigenvalue weighted by Crippen LogP contribution is -2.42. The summed E-state index contributed by atoms with van der Waals surface area (Å²) in [5.41, 5.74) is 0.220. The van der Waals surface area contributed by atoms with Crippen LogP contribution in [0.25, 0.3) is 0 Å². The Hall–Kier alpha value is -0.760. The van der Waals surface area contributed by atoms with Gasteiger partial charge >= 0.3 is 6.18 Å². The molecule has 0 radical (unpaired) electrons. The van der Waals surface area contributed by atoms with E-state index in [9.17, 15) is 13.2 Å². The third-order valence-corrected chi connectivity index (χ3v) is 5.32. The molecule has 2 aliphatic rings. The van der Waals surface area contributed by atoms with Gasteiger partial charge in [-0.3, -0.25) is 4.90 Å². The summed E-state index contributed by atoms with van der Waals surface area (Å²) in [5, 5.41) is 7.05. The van der Waals surface area contributed by atoms with Gasteiger partial charge in [0.05, 0.1) is 6.54 Å². The van der Waals surface area contributed by atoms with Crippen molar-refractivity contribution in [3.8, 4) is 0 Å². The summed E-state index contributed by atoms with van der Waals surface area (Å²) >= 11 is 4.49. The van der Waals surface area contributed by atoms with Gasteiger partial charge in [-0.05, 0) is 24.0 Å². The highest BCUT2D eigenvalue weighted by Gasteiger charge is 2.40. The number of aromatic nitrogens is 3. The fourth-order valence-corrected chi connectivity index (χ4v) is 3.93. The number of rotatable bonds is 3. The first-order valence-electron chi connectivity index (χ1n) is 7.26. The summed E-state index contributed by atoms with van der Waals surface area (Å²) < 4.78 is 39.6. The van der Waals surface area contributed by atoms with Gasteiger partial charge < -0.3 is 4.57 Å². The molecule has 0 spiro atoms. The van der Waals surface area contributed by atoms with Crippen molar-refractivity contribution >= 4 is 12.6 Å². The Kier molecular flexibility index (Phi) is 3.94. The SMILES string of the molecule is FC(F)(F)c1nnc2n1CCN(CC1(CS)CCCC1)C2. The van der Waals surface area contributed by atoms with E-state index >= 15 is 0 Å². The fraction of sp³-hybridized carbons (Fsp3) is 0.846. The van der Waals surface area contributed by atoms with Crippen molar-refractivity contribution in [3.05, 3.63) is 11.6 Å². The van der Waals surface area contributed by atoms with Crippen LogP contribution in [0.3, 0.4) is 0 Å². The quantitative estimate of drug-likeness (QED) is 0.869. The lowest BCUT2D eigenvalue weighted by atomic mass is 9.87. The zero-order valence-corrected chi connectivity index (χ0v) is 12.6. The molecule has 8 heteroatoms. The predicted octanol–water partition coefficient (Wildman–Crippen LogP) is 2.60. The number of hydrogen-bond donors (Lipinski definition) is 1. The molecular formula is C13H19F3N4S. The van der Waals surface area contributed by atoms with Crippen LogP contribution in [-0.4, -0.2) is 38.5 Å². The lowest BCUT2D eigenvalue weighted by Gasteiger charge is -2.36. The van der Waals surface area contributed by atoms with E-state index in [0.29, 0.717) is 25.5 Å². The van der Waals surface area contributed by atoms with Crippen molar-refractivity contribution in [1.82, 2.24) is 19.7 Å². The Balaban J connectivity index is 1.72. The number of halogens is 3. The summed E-state index contributed by atoms with van der Waals surface area (Å²) in [5.74, 6) is 0.382. The van der Waals surface area contributed by atoms with E-state index in [-0.39, 0.29) is 5.41 Å². The van der Waals surface area contributed by atoms with Gasteiger partial charge in [0.2, 0.25) is 5.82 Å². The molecule has 1 aromatic heterocycles. The number of fused-ring (bicyclic) bond motifs is 1. The Morgan fingerprint density at radius 3 is 2.48 bits per heavy atom. The first-order chi connectivity index (χ1) is 9.93. The minimum absolute atomic E-state index is 0.220. The molecule has 2 heterocycles. The molecule has 1 aliphatic carbocycles. The second kappa shape index (κ2) is 5.46. The van der Waals surface area contributed by atoms with Gasteiger partial charge in [0.1, 0.15) is 5.82 Å². The highest BCUT2D eigenvalue weighted by molar-refractivity contribution is 7.80. The van der Waals surface area contributed by atoms with Gasteiger partial charge in [0.25, 0.3) is 0 Å². The van der Waals surface area contributed by atoms with Crippen LogP contribution in [0.15, 0.2) is 0 Å². The zero-order valence-electron chi connectivity index (χ0n) is 11.7. The molecule has 0 amide bonds. The average Bonchev–Trinajstić information content (AvgIpc) is 3.04. The second-order valence-corrected chi connectivity index (χ2v) is 6.48. The first-order valence-corrected chi connectivity index (χ1v) is 7.89. The van der Waals surface area contributed by atoms with E-state index in [2.05, 4.69) is 27.7 Å². The zero-order chi connectivity index (χ0) is 15.1. The molecule has 21 heavy (non-hydrogen) atoms. The van der Waals surface area contributed by atoms with Crippen LogP contribution in [0.2, 0.25) is 0 Å². The highest BCUT2D eigenvalue weighted by atomic mass is 32.1. The minimum atomic E-state index is -4.43. The van der Waals surface area contributed by atoms with E-state index in [1.165, 1.54) is 17.4 Å². The Morgan fingerprint density at radius 1 is 1.14 bits per heavy atom. The smallest absolute Gasteiger partial charge is 0.305 e. The minimum Gasteiger partial charge on any atom is -0.305 e. The molecule has 1 fully saturated rings. The molecule has 118 valence electrons. The van der Waals surface area contributed by atoms with Crippen LogP contribution < -0.4 is 0 Å². The van der Waals surface area contributed by atoms with E-state index < -0.39 is 12.0 Å². The van der Waals surface area contributed by atoms with Gasteiger partial charge in [-0.2, -0.15) is 25.8 Å². The van der Waals surface area contributed by atoms with Crippen molar-refractivity contribution in [2.24, 2.45) is 5.41 Å². The van der Waals surface area contributed by atoms with Gasteiger partial charge in [-0.15, -0.1) is 10.2 Å². The molecule has 0 unspecified atom stereocenters. The van der Waals surface area contributed by atoms with E-state index in [1.54, 1.807) is 0 Å². The molecule has 0 aromatic carbocycles. The number of alkyl halides is 3. The number of hydrogen-bond acceptors (Lipinski definition) is 4. The summed E-state index contributed by atoms with van der Waals surface area (Å²) in [7, 11) is 0. The molecule has 1 aromatic rings. The number of thiol groups is 1. The molecule has 4 nitrogen and oxygen atoms in total. The molecule has 0 atom stereocenters. The summed E-state index contributed by atoms with van der Waals surface area (Å²) in [4.78, 5) is 2.20. The van der Waals surface area contributed by atoms with Crippen LogP contribution in [0.4, 0.5) is 13.2 Å². The normalized spacial score (nSPS) is 22.5. The van der Waals surface area contributed by atoms with Crippen LogP contribution >= 0.6 is 12.6 Å². The van der Waals surface area contributed by atoms with Gasteiger partial charge in [-0.25, -0.2) is 0 Å². The molecule has 3 rings (SSSR count). The lowest BCUT2D eigenvalue weighted by molar-refractivity contribution is -0.148. The maximum absolute atomic E-state index is 12.8. The van der Waals surface area contributed by atoms with Crippen LogP contribution in [0, 0.1) is 5.41 Å². The fourth-order valence-electron chi connectivity index (χ4n) is 3.52. The molecule has 1 aliphatic heterocycles. The average molecular weight is 320 g/mol. The standard InChI is InChI=1S/C13H19F3N4S/c14-13(15,16)11-18-17-10-7-19(5-6-20(10)11)8-12(9-21)3-1-2-4-12/h21H,1-9H2. The molecule has 0 saturated heterocycles. The van der Waals surface area contributed by atoms with Crippen LogP contribution in [0.1, 0.15) is 37.3 Å². The Bertz CT molecular complexity index is 508. The molecule has 0 N–H and O–H groups in total. The summed E-state index contributed by atoms with van der Waals surface area (Å²) in [6.45, 7) is 2.26. The Morgan fingerprint density at radius 2 is 1.86 bits per heavy atom. The first kappa shape index (κ1) is 15.1. The summed E-state index contributed by atoms with van der Waals surface area (Å²) in [6.07, 6.45) is 0.345. The van der Waals surface area contributed by atoms with Crippen LogP contribution in [0.5, 0.6) is 0 Å². The topological polar surface area (TPSA) is 34.0 Å². The van der Waals surface area contributed by atoms with Crippen molar-refractivity contribution in [1.29, 1.82) is 0 Å². The summed E-state index contributed by atoms with van der Waals surface area (Å²) in [6, 6.07) is 0. The van der Waals surface area contributed by atoms with Crippen molar-refractivity contribution in [2.45, 2.75) is 44.9 Å². The van der Waals surface area contributed by atoms with Crippen LogP contribution in [-0.2, 0) is 19.3 Å². The van der Waals surface area contributed by atoms with Gasteiger partial charge in [-0.1, -0.05) is 12.8 Å². The third kappa shape index (κ3) is 2.92. The van der Waals surface area contributed by atoms with Crippen molar-refractivity contribution in [2.75, 3.05) is 18.8 Å². The van der Waals surface area contributed by atoms with Crippen molar-refractivity contribution in [3.63, 3.8) is 0 Å².